The Kier molecular flexibility index (Phi) is 3.72. The zero-order valence-corrected chi connectivity index (χ0v) is 12.3. The third-order valence-corrected chi connectivity index (χ3v) is 4.06. The molecule has 2 aromatic carbocycles. The Hall–Kier alpha value is -2.19. The van der Waals surface area contributed by atoms with Crippen molar-refractivity contribution in [3.05, 3.63) is 78.0 Å². The first-order chi connectivity index (χ1) is 10.3. The Morgan fingerprint density at radius 1 is 0.952 bits per heavy atom. The van der Waals surface area contributed by atoms with Crippen LogP contribution in [0.15, 0.2) is 66.9 Å². The highest BCUT2D eigenvalue weighted by Gasteiger charge is 2.30. The van der Waals surface area contributed by atoms with Gasteiger partial charge in [-0.2, -0.15) is 0 Å². The van der Waals surface area contributed by atoms with Crippen molar-refractivity contribution >= 4 is 10.9 Å². The molecule has 2 nitrogen and oxygen atoms in total. The lowest BCUT2D eigenvalue weighted by Crippen LogP contribution is -2.38. The molecule has 0 spiro atoms. The van der Waals surface area contributed by atoms with Crippen LogP contribution >= 0.6 is 0 Å². The van der Waals surface area contributed by atoms with Gasteiger partial charge in [-0.15, -0.1) is 0 Å². The molecule has 0 amide bonds. The molecular formula is C19H20N2. The fraction of sp³-hybridized carbons (Fsp3) is 0.211. The normalized spacial score (nSPS) is 14.0. The molecule has 21 heavy (non-hydrogen) atoms. The molecule has 3 rings (SSSR count). The largest absolute Gasteiger partial charge is 0.318 e. The molecule has 1 unspecified atom stereocenters. The van der Waals surface area contributed by atoms with E-state index in [1.165, 1.54) is 0 Å². The first kappa shape index (κ1) is 13.8. The van der Waals surface area contributed by atoms with Gasteiger partial charge in [0.25, 0.3) is 0 Å². The monoisotopic (exact) mass is 276 g/mol. The van der Waals surface area contributed by atoms with Gasteiger partial charge in [0.05, 0.1) is 11.1 Å². The number of nitrogens with zero attached hydrogens (tertiary/aromatic N) is 1. The Balaban J connectivity index is 2.25. The van der Waals surface area contributed by atoms with Crippen LogP contribution in [0.2, 0.25) is 0 Å². The van der Waals surface area contributed by atoms with Gasteiger partial charge in [0.1, 0.15) is 0 Å². The van der Waals surface area contributed by atoms with Gasteiger partial charge in [0, 0.05) is 11.6 Å². The number of benzene rings is 2. The van der Waals surface area contributed by atoms with Crippen LogP contribution in [0, 0.1) is 0 Å². The molecule has 0 fully saturated rings. The highest BCUT2D eigenvalue weighted by Crippen LogP contribution is 2.35. The zero-order valence-electron chi connectivity index (χ0n) is 12.3. The number of nitrogens with two attached hydrogens (primary N) is 1. The van der Waals surface area contributed by atoms with E-state index in [-0.39, 0.29) is 0 Å². The molecule has 1 atom stereocenters. The Bertz CT molecular complexity index is 731. The van der Waals surface area contributed by atoms with E-state index in [1.807, 2.05) is 30.5 Å². The zero-order chi connectivity index (χ0) is 14.7. The van der Waals surface area contributed by atoms with Crippen LogP contribution < -0.4 is 5.73 Å². The molecule has 2 N–H and O–H groups in total. The third-order valence-electron chi connectivity index (χ3n) is 4.06. The summed E-state index contributed by atoms with van der Waals surface area (Å²) in [6, 6.07) is 20.7. The van der Waals surface area contributed by atoms with E-state index in [0.29, 0.717) is 0 Å². The van der Waals surface area contributed by atoms with Gasteiger partial charge < -0.3 is 5.73 Å². The smallest absolute Gasteiger partial charge is 0.0705 e. The van der Waals surface area contributed by atoms with Gasteiger partial charge in [-0.1, -0.05) is 61.9 Å². The Morgan fingerprint density at radius 3 is 2.52 bits per heavy atom. The average molecular weight is 276 g/mol. The number of hydrogen-bond donors (Lipinski definition) is 1. The number of aromatic nitrogens is 1. The van der Waals surface area contributed by atoms with E-state index in [4.69, 9.17) is 5.73 Å². The van der Waals surface area contributed by atoms with Crippen LogP contribution in [0.1, 0.15) is 30.9 Å². The Morgan fingerprint density at radius 2 is 1.76 bits per heavy atom. The predicted octanol–water partition coefficient (Wildman–Crippen LogP) is 4.24. The van der Waals surface area contributed by atoms with Crippen molar-refractivity contribution < 1.29 is 0 Å². The highest BCUT2D eigenvalue weighted by atomic mass is 14.8. The minimum Gasteiger partial charge on any atom is -0.318 e. The minimum absolute atomic E-state index is 0.474. The molecule has 0 aliphatic rings. The standard InChI is InChI=1S/C19H20N2/c1-2-13-19(20,15-8-4-3-5-9-15)17-11-6-12-18-16(17)10-7-14-21-18/h3-12,14H,2,13,20H2,1H3. The second-order valence-corrected chi connectivity index (χ2v) is 5.46. The van der Waals surface area contributed by atoms with Crippen molar-refractivity contribution in [2.24, 2.45) is 5.73 Å². The lowest BCUT2D eigenvalue weighted by Gasteiger charge is -2.31. The molecule has 1 heterocycles. The molecule has 0 saturated carbocycles. The van der Waals surface area contributed by atoms with Gasteiger partial charge >= 0.3 is 0 Å². The summed E-state index contributed by atoms with van der Waals surface area (Å²) in [6.45, 7) is 2.17. The topological polar surface area (TPSA) is 38.9 Å². The molecule has 0 radical (unpaired) electrons. The van der Waals surface area contributed by atoms with Crippen molar-refractivity contribution in [3.63, 3.8) is 0 Å². The van der Waals surface area contributed by atoms with Gasteiger partial charge in [0.15, 0.2) is 0 Å². The summed E-state index contributed by atoms with van der Waals surface area (Å²) in [5.41, 5.74) is 9.72. The van der Waals surface area contributed by atoms with E-state index >= 15 is 0 Å². The summed E-state index contributed by atoms with van der Waals surface area (Å²) in [5, 5.41) is 1.14. The fourth-order valence-electron chi connectivity index (χ4n) is 3.06. The van der Waals surface area contributed by atoms with Crippen molar-refractivity contribution in [1.29, 1.82) is 0 Å². The molecule has 1 aromatic heterocycles. The SMILES string of the molecule is CCCC(N)(c1ccccc1)c1cccc2ncccc12. The molecule has 0 aliphatic heterocycles. The molecular weight excluding hydrogens is 256 g/mol. The maximum Gasteiger partial charge on any atom is 0.0705 e. The molecule has 2 heteroatoms. The van der Waals surface area contributed by atoms with Crippen LogP contribution in [-0.2, 0) is 5.54 Å². The van der Waals surface area contributed by atoms with Gasteiger partial charge in [-0.25, -0.2) is 0 Å². The lowest BCUT2D eigenvalue weighted by molar-refractivity contribution is 0.489. The predicted molar refractivity (Wildman–Crippen MR) is 88.1 cm³/mol. The van der Waals surface area contributed by atoms with E-state index in [2.05, 4.69) is 48.3 Å². The second-order valence-electron chi connectivity index (χ2n) is 5.46. The summed E-state index contributed by atoms with van der Waals surface area (Å²) in [5.74, 6) is 0. The summed E-state index contributed by atoms with van der Waals surface area (Å²) < 4.78 is 0. The molecule has 0 aliphatic carbocycles. The third kappa shape index (κ3) is 2.43. The highest BCUT2D eigenvalue weighted by molar-refractivity contribution is 5.83. The first-order valence-corrected chi connectivity index (χ1v) is 7.44. The fourth-order valence-corrected chi connectivity index (χ4v) is 3.06. The minimum atomic E-state index is -0.474. The lowest BCUT2D eigenvalue weighted by atomic mass is 9.79. The number of fused-ring (bicyclic) bond motifs is 1. The summed E-state index contributed by atoms with van der Waals surface area (Å²) in [6.07, 6.45) is 3.76. The van der Waals surface area contributed by atoms with Crippen molar-refractivity contribution in [3.8, 4) is 0 Å². The summed E-state index contributed by atoms with van der Waals surface area (Å²) >= 11 is 0. The Labute approximate surface area is 125 Å². The average Bonchev–Trinajstić information content (AvgIpc) is 2.55. The quantitative estimate of drug-likeness (QED) is 0.774. The molecule has 3 aromatic rings. The second kappa shape index (κ2) is 5.66. The van der Waals surface area contributed by atoms with Crippen molar-refractivity contribution in [1.82, 2.24) is 4.98 Å². The van der Waals surface area contributed by atoms with E-state index in [9.17, 15) is 0 Å². The van der Waals surface area contributed by atoms with Crippen LogP contribution in [0.3, 0.4) is 0 Å². The van der Waals surface area contributed by atoms with Gasteiger partial charge in [-0.05, 0) is 29.7 Å². The van der Waals surface area contributed by atoms with Gasteiger partial charge in [-0.3, -0.25) is 4.98 Å². The van der Waals surface area contributed by atoms with Crippen molar-refractivity contribution in [2.45, 2.75) is 25.3 Å². The summed E-state index contributed by atoms with van der Waals surface area (Å²) in [4.78, 5) is 4.45. The molecule has 0 bridgehead atoms. The summed E-state index contributed by atoms with van der Waals surface area (Å²) in [7, 11) is 0. The van der Waals surface area contributed by atoms with Crippen LogP contribution in [-0.4, -0.2) is 4.98 Å². The van der Waals surface area contributed by atoms with Crippen LogP contribution in [0.25, 0.3) is 10.9 Å². The van der Waals surface area contributed by atoms with Crippen LogP contribution in [0.5, 0.6) is 0 Å². The molecule has 0 saturated heterocycles. The number of hydrogen-bond acceptors (Lipinski definition) is 2. The van der Waals surface area contributed by atoms with E-state index < -0.39 is 5.54 Å². The van der Waals surface area contributed by atoms with Crippen molar-refractivity contribution in [2.75, 3.05) is 0 Å². The maximum absolute atomic E-state index is 6.89. The van der Waals surface area contributed by atoms with E-state index in [1.54, 1.807) is 0 Å². The number of rotatable bonds is 4. The van der Waals surface area contributed by atoms with Gasteiger partial charge in [0.2, 0.25) is 0 Å². The molecule has 106 valence electrons. The number of pyridine rings is 1. The van der Waals surface area contributed by atoms with Crippen LogP contribution in [0.4, 0.5) is 0 Å². The maximum atomic E-state index is 6.89. The first-order valence-electron chi connectivity index (χ1n) is 7.44. The van der Waals surface area contributed by atoms with E-state index in [0.717, 1.165) is 34.9 Å².